The van der Waals surface area contributed by atoms with Crippen molar-refractivity contribution in [3.8, 4) is 11.4 Å². The second-order valence-electron chi connectivity index (χ2n) is 4.94. The molecular weight excluding hydrogens is 528 g/mol. The summed E-state index contributed by atoms with van der Waals surface area (Å²) in [5, 5.41) is -1.79. The third kappa shape index (κ3) is 8.33. The molecule has 0 bridgehead atoms. The highest BCUT2D eigenvalue weighted by molar-refractivity contribution is 8.01. The summed E-state index contributed by atoms with van der Waals surface area (Å²) in [6.07, 6.45) is 0. The fraction of sp³-hybridized carbons (Fsp3) is 0.333. The van der Waals surface area contributed by atoms with Crippen molar-refractivity contribution in [1.82, 2.24) is 9.97 Å². The first-order valence-corrected chi connectivity index (χ1v) is 10.1. The zero-order chi connectivity index (χ0) is 23.1. The summed E-state index contributed by atoms with van der Waals surface area (Å²) in [6, 6.07) is 0.788. The number of aromatic amines is 2. The van der Waals surface area contributed by atoms with Gasteiger partial charge in [0.1, 0.15) is 0 Å². The van der Waals surface area contributed by atoms with E-state index in [-0.39, 0.29) is 0 Å². The first-order chi connectivity index (χ1) is 13.3. The SMILES string of the molecule is FC(F)(F)Sc1cc(SC(F)(F)F)c(-c2[nH]c(SC(F)(F)F)cc2SC(F)(F)F)[nH]1. The summed E-state index contributed by atoms with van der Waals surface area (Å²) in [4.78, 5) is 1.89. The van der Waals surface area contributed by atoms with E-state index in [2.05, 4.69) is 0 Å². The molecule has 0 aliphatic heterocycles. The standard InChI is InChI=1S/C12H4F12N2S4/c13-9(14,15)27-3-1-5(29-11(19,20)21)25-7(3)8-4(28-10(16,17)18)2-6(26-8)30-12(22,23)24/h1-2,25-26H. The largest absolute Gasteiger partial charge is 0.447 e. The van der Waals surface area contributed by atoms with Crippen LogP contribution in [-0.4, -0.2) is 32.0 Å². The summed E-state index contributed by atoms with van der Waals surface area (Å²) in [5.74, 6) is 0. The maximum absolute atomic E-state index is 12.8. The van der Waals surface area contributed by atoms with Crippen molar-refractivity contribution < 1.29 is 52.7 Å². The fourth-order valence-electron chi connectivity index (χ4n) is 1.97. The van der Waals surface area contributed by atoms with Crippen molar-refractivity contribution in [2.24, 2.45) is 0 Å². The lowest BCUT2D eigenvalue weighted by atomic mass is 10.3. The molecular formula is C12H4F12N2S4. The molecule has 0 unspecified atom stereocenters. The maximum atomic E-state index is 12.8. The molecule has 2 rings (SSSR count). The Morgan fingerprint density at radius 1 is 0.467 bits per heavy atom. The third-order valence-corrected chi connectivity index (χ3v) is 5.56. The number of nitrogens with one attached hydrogen (secondary N) is 2. The summed E-state index contributed by atoms with van der Waals surface area (Å²) in [6.45, 7) is 0. The normalized spacial score (nSPS) is 13.9. The molecule has 2 heterocycles. The molecule has 2 nitrogen and oxygen atoms in total. The molecule has 0 amide bonds. The third-order valence-electron chi connectivity index (χ3n) is 2.67. The van der Waals surface area contributed by atoms with Crippen LogP contribution >= 0.6 is 47.0 Å². The van der Waals surface area contributed by atoms with Crippen LogP contribution in [0, 0.1) is 0 Å². The van der Waals surface area contributed by atoms with E-state index in [0.29, 0.717) is 12.1 Å². The number of thioether (sulfide) groups is 4. The number of halogens is 12. The van der Waals surface area contributed by atoms with Crippen LogP contribution in [0.1, 0.15) is 0 Å². The van der Waals surface area contributed by atoms with Gasteiger partial charge in [0.15, 0.2) is 0 Å². The molecule has 0 saturated carbocycles. The smallest absolute Gasteiger partial charge is 0.347 e. The van der Waals surface area contributed by atoms with Crippen LogP contribution in [-0.2, 0) is 0 Å². The van der Waals surface area contributed by atoms with Gasteiger partial charge in [0, 0.05) is 33.3 Å². The van der Waals surface area contributed by atoms with Gasteiger partial charge in [-0.2, -0.15) is 52.7 Å². The number of rotatable bonds is 5. The van der Waals surface area contributed by atoms with Gasteiger partial charge in [0.25, 0.3) is 0 Å². The number of alkyl halides is 12. The van der Waals surface area contributed by atoms with Gasteiger partial charge < -0.3 is 9.97 Å². The minimum absolute atomic E-state index is 0.394. The quantitative estimate of drug-likeness (QED) is 0.299. The van der Waals surface area contributed by atoms with E-state index in [1.165, 1.54) is 0 Å². The monoisotopic (exact) mass is 532 g/mol. The molecule has 2 aromatic heterocycles. The van der Waals surface area contributed by atoms with Gasteiger partial charge in [0.2, 0.25) is 0 Å². The lowest BCUT2D eigenvalue weighted by molar-refractivity contribution is -0.0339. The van der Waals surface area contributed by atoms with Gasteiger partial charge in [-0.05, 0) is 35.7 Å². The lowest BCUT2D eigenvalue weighted by Crippen LogP contribution is -2.01. The number of aromatic nitrogens is 2. The summed E-state index contributed by atoms with van der Waals surface area (Å²) in [5.41, 5.74) is -21.7. The Kier molecular flexibility index (Phi) is 7.25. The molecule has 2 aromatic rings. The predicted octanol–water partition coefficient (Wildman–Crippen LogP) is 8.46. The molecule has 30 heavy (non-hydrogen) atoms. The van der Waals surface area contributed by atoms with E-state index in [1.54, 1.807) is 0 Å². The van der Waals surface area contributed by atoms with Crippen LogP contribution < -0.4 is 0 Å². The van der Waals surface area contributed by atoms with Crippen LogP contribution in [0.25, 0.3) is 11.4 Å². The summed E-state index contributed by atoms with van der Waals surface area (Å²) in [7, 11) is 0. The van der Waals surface area contributed by atoms with Crippen molar-refractivity contribution in [2.45, 2.75) is 41.9 Å². The van der Waals surface area contributed by atoms with Gasteiger partial charge in [0.05, 0.1) is 21.4 Å². The minimum atomic E-state index is -5.04. The summed E-state index contributed by atoms with van der Waals surface area (Å²) < 4.78 is 152. The molecule has 18 heteroatoms. The van der Waals surface area contributed by atoms with Gasteiger partial charge in [-0.1, -0.05) is 0 Å². The van der Waals surface area contributed by atoms with Crippen LogP contribution in [0.15, 0.2) is 32.0 Å². The van der Waals surface area contributed by atoms with E-state index in [4.69, 9.17) is 0 Å². The van der Waals surface area contributed by atoms with Crippen molar-refractivity contribution in [2.75, 3.05) is 0 Å². The Morgan fingerprint density at radius 2 is 0.733 bits per heavy atom. The first-order valence-electron chi connectivity index (χ1n) is 6.81. The highest BCUT2D eigenvalue weighted by atomic mass is 32.2. The Balaban J connectivity index is 2.61. The maximum Gasteiger partial charge on any atom is 0.447 e. The molecule has 0 aliphatic carbocycles. The second kappa shape index (κ2) is 8.57. The van der Waals surface area contributed by atoms with Crippen molar-refractivity contribution >= 4 is 47.0 Å². The van der Waals surface area contributed by atoms with E-state index >= 15 is 0 Å². The van der Waals surface area contributed by atoms with Gasteiger partial charge in [-0.15, -0.1) is 0 Å². The van der Waals surface area contributed by atoms with Crippen LogP contribution in [0.4, 0.5) is 52.7 Å². The molecule has 170 valence electrons. The number of H-pyrrole nitrogens is 2. The Labute approximate surface area is 175 Å². The molecule has 0 radical (unpaired) electrons. The zero-order valence-corrected chi connectivity index (χ0v) is 16.6. The van der Waals surface area contributed by atoms with Crippen LogP contribution in [0.5, 0.6) is 0 Å². The molecule has 0 spiro atoms. The number of hydrogen-bond acceptors (Lipinski definition) is 4. The van der Waals surface area contributed by atoms with E-state index < -0.39 is 100 Å². The highest BCUT2D eigenvalue weighted by Crippen LogP contribution is 2.50. The number of hydrogen-bond donors (Lipinski definition) is 2. The molecule has 2 N–H and O–H groups in total. The first kappa shape index (κ1) is 25.4. The predicted molar refractivity (Wildman–Crippen MR) is 88.2 cm³/mol. The molecule has 0 atom stereocenters. The van der Waals surface area contributed by atoms with Gasteiger partial charge >= 0.3 is 22.0 Å². The van der Waals surface area contributed by atoms with Crippen molar-refractivity contribution in [1.29, 1.82) is 0 Å². The van der Waals surface area contributed by atoms with Crippen molar-refractivity contribution in [3.05, 3.63) is 12.1 Å². The molecule has 0 saturated heterocycles. The van der Waals surface area contributed by atoms with E-state index in [1.807, 2.05) is 9.97 Å². The topological polar surface area (TPSA) is 31.6 Å². The fourth-order valence-corrected chi connectivity index (χ4v) is 4.64. The van der Waals surface area contributed by atoms with Gasteiger partial charge in [-0.3, -0.25) is 0 Å². The Morgan fingerprint density at radius 3 is 0.967 bits per heavy atom. The second-order valence-corrected chi connectivity index (χ2v) is 9.36. The highest BCUT2D eigenvalue weighted by Gasteiger charge is 2.38. The average Bonchev–Trinajstić information content (AvgIpc) is 2.95. The molecule has 0 fully saturated rings. The average molecular weight is 532 g/mol. The lowest BCUT2D eigenvalue weighted by Gasteiger charge is -2.09. The van der Waals surface area contributed by atoms with Crippen LogP contribution in [0.2, 0.25) is 0 Å². The minimum Gasteiger partial charge on any atom is -0.347 e. The van der Waals surface area contributed by atoms with E-state index in [9.17, 15) is 52.7 Å². The van der Waals surface area contributed by atoms with E-state index in [0.717, 1.165) is 0 Å². The zero-order valence-electron chi connectivity index (χ0n) is 13.3. The summed E-state index contributed by atoms with van der Waals surface area (Å²) >= 11 is -3.61. The molecule has 0 aliphatic rings. The Bertz CT molecular complexity index is 802. The Hall–Kier alpha value is -0.880. The van der Waals surface area contributed by atoms with Crippen molar-refractivity contribution in [3.63, 3.8) is 0 Å². The van der Waals surface area contributed by atoms with Gasteiger partial charge in [-0.25, -0.2) is 0 Å². The molecule has 0 aromatic carbocycles. The van der Waals surface area contributed by atoms with Crippen LogP contribution in [0.3, 0.4) is 0 Å².